The minimum atomic E-state index is -3.05. The second kappa shape index (κ2) is 15.4. The zero-order valence-electron chi connectivity index (χ0n) is 36.6. The van der Waals surface area contributed by atoms with Crippen LogP contribution in [0.2, 0.25) is 0 Å². The van der Waals surface area contributed by atoms with Crippen molar-refractivity contribution in [2.45, 2.75) is 58.9 Å². The molecule has 0 unspecified atom stereocenters. The monoisotopic (exact) mass is 1010 g/mol. The van der Waals surface area contributed by atoms with Crippen molar-refractivity contribution < 1.29 is 21.1 Å². The summed E-state index contributed by atoms with van der Waals surface area (Å²) >= 11 is 0. The van der Waals surface area contributed by atoms with E-state index in [1.54, 1.807) is 0 Å². The molecule has 6 heteroatoms. The first-order valence-corrected chi connectivity index (χ1v) is 23.7. The zero-order chi connectivity index (χ0) is 42.4. The molecule has 2 aliphatic rings. The fourth-order valence-corrected chi connectivity index (χ4v) is 14.9. The molecule has 0 N–H and O–H groups in total. The zero-order valence-corrected chi connectivity index (χ0v) is 39.8. The Hall–Kier alpha value is -6.00. The van der Waals surface area contributed by atoms with Gasteiger partial charge in [0.25, 0.3) is 0 Å². The Morgan fingerprint density at radius 2 is 1.21 bits per heavy atom. The molecule has 0 atom stereocenters. The van der Waals surface area contributed by atoms with E-state index in [1.165, 1.54) is 65.0 Å². The molecule has 2 aliphatic heterocycles. The second-order valence-corrected chi connectivity index (χ2v) is 22.6. The van der Waals surface area contributed by atoms with Crippen LogP contribution in [0, 0.1) is 18.8 Å². The summed E-state index contributed by atoms with van der Waals surface area (Å²) in [5.74, 6) is 0.911. The van der Waals surface area contributed by atoms with Crippen LogP contribution in [0.3, 0.4) is 0 Å². The molecule has 4 nitrogen and oxygen atoms in total. The first-order valence-electron chi connectivity index (χ1n) is 21.7. The van der Waals surface area contributed by atoms with Gasteiger partial charge in [-0.2, -0.15) is 59.5 Å². The van der Waals surface area contributed by atoms with Crippen LogP contribution in [0.25, 0.3) is 38.8 Å². The quantitative estimate of drug-likeness (QED) is 0.123. The van der Waals surface area contributed by atoms with Gasteiger partial charge in [-0.3, -0.25) is 0 Å². The fourth-order valence-electron chi connectivity index (χ4n) is 9.92. The van der Waals surface area contributed by atoms with Crippen LogP contribution >= 0.6 is 0 Å². The van der Waals surface area contributed by atoms with E-state index in [-0.39, 0.29) is 31.9 Å². The molecule has 11 rings (SSSR count). The van der Waals surface area contributed by atoms with E-state index in [2.05, 4.69) is 239 Å². The Morgan fingerprint density at radius 3 is 1.92 bits per heavy atom. The standard InChI is InChI=1S/C57H49N4Si.Pt/c1-56(2,3)40-27-30-49-48(33-40)45-29-28-44(36-52(45)61(49)55-34-41(31-32-58-55)57(4,5)6)62(53-25-14-10-21-46(53)47-22-11-15-26-54(47)62)43-20-16-19-42(35-43)60-38-59(37-39-17-8-7-9-18-39)50-23-12-13-24-51(50)60;/h7-34,38H,37H2,1-6H3;/q-3;. The molecular weight excluding hydrogens is 964 g/mol. The van der Waals surface area contributed by atoms with E-state index in [0.717, 1.165) is 34.8 Å². The average Bonchev–Trinajstić information content (AvgIpc) is 3.92. The summed E-state index contributed by atoms with van der Waals surface area (Å²) in [5, 5.41) is 7.55. The van der Waals surface area contributed by atoms with Gasteiger partial charge in [-0.25, -0.2) is 4.98 Å². The second-order valence-electron chi connectivity index (χ2n) is 19.0. The topological polar surface area (TPSA) is 24.3 Å². The summed E-state index contributed by atoms with van der Waals surface area (Å²) in [6.45, 7) is 16.7. The van der Waals surface area contributed by atoms with Gasteiger partial charge in [0.1, 0.15) is 13.9 Å². The van der Waals surface area contributed by atoms with Crippen LogP contribution < -0.4 is 30.5 Å². The molecule has 0 saturated heterocycles. The van der Waals surface area contributed by atoms with Crippen molar-refractivity contribution in [2.75, 3.05) is 9.80 Å². The maximum Gasteiger partial charge on any atom is 0.135 e. The number of rotatable bonds is 6. The molecule has 4 heterocycles. The van der Waals surface area contributed by atoms with Crippen molar-refractivity contribution >= 4 is 67.7 Å². The van der Waals surface area contributed by atoms with Gasteiger partial charge in [0, 0.05) is 50.7 Å². The van der Waals surface area contributed by atoms with Crippen molar-refractivity contribution in [3.8, 4) is 16.9 Å². The third kappa shape index (κ3) is 6.62. The van der Waals surface area contributed by atoms with E-state index in [1.807, 2.05) is 6.20 Å². The molecule has 0 bridgehead atoms. The molecule has 7 aromatic carbocycles. The molecule has 0 aliphatic carbocycles. The molecule has 0 saturated carbocycles. The van der Waals surface area contributed by atoms with Gasteiger partial charge in [0.05, 0.1) is 0 Å². The minimum absolute atomic E-state index is 0. The number of nitrogens with zero attached hydrogens (tertiary/aromatic N) is 4. The molecule has 314 valence electrons. The number of anilines is 3. The predicted molar refractivity (Wildman–Crippen MR) is 262 cm³/mol. The molecule has 9 aromatic rings. The van der Waals surface area contributed by atoms with E-state index in [0.29, 0.717) is 0 Å². The Morgan fingerprint density at radius 1 is 0.571 bits per heavy atom. The van der Waals surface area contributed by atoms with E-state index in [4.69, 9.17) is 4.98 Å². The van der Waals surface area contributed by atoms with Gasteiger partial charge < -0.3 is 14.4 Å². The first kappa shape index (κ1) is 41.0. The summed E-state index contributed by atoms with van der Waals surface area (Å²) in [6, 6.07) is 68.9. The molecule has 0 spiro atoms. The Labute approximate surface area is 387 Å². The maximum atomic E-state index is 5.08. The third-order valence-corrected chi connectivity index (χ3v) is 17.8. The Kier molecular flexibility index (Phi) is 10.0. The summed E-state index contributed by atoms with van der Waals surface area (Å²) in [4.78, 5) is 9.76. The number of fused-ring (bicyclic) bond motifs is 7. The fraction of sp³-hybridized carbons (Fsp3) is 0.158. The average molecular weight is 1010 g/mol. The summed E-state index contributed by atoms with van der Waals surface area (Å²) in [5.41, 5.74) is 11.9. The van der Waals surface area contributed by atoms with Crippen molar-refractivity contribution in [1.82, 2.24) is 9.55 Å². The van der Waals surface area contributed by atoms with Crippen molar-refractivity contribution in [1.29, 1.82) is 0 Å². The van der Waals surface area contributed by atoms with Crippen molar-refractivity contribution in [3.63, 3.8) is 0 Å². The van der Waals surface area contributed by atoms with Crippen LogP contribution in [0.5, 0.6) is 0 Å². The molecular formula is C57H49N4PtSi-3. The number of para-hydroxylation sites is 2. The SMILES string of the molecule is CC(C)(C)c1ccnc(-n2c3[c-]c([Si]4(c5[c-]c(N6[CH-]N(Cc7ccccc7)c7ccccc76)ccc5)c5ccccc5-c5ccccc54)ccc3c3cc(C(C)(C)C)ccc32)c1.[Pt]. The summed E-state index contributed by atoms with van der Waals surface area (Å²) in [6.07, 6.45) is 1.97. The van der Waals surface area contributed by atoms with Gasteiger partial charge in [-0.15, -0.1) is 11.1 Å². The van der Waals surface area contributed by atoms with E-state index >= 15 is 0 Å². The number of pyridine rings is 1. The Bertz CT molecular complexity index is 3150. The summed E-state index contributed by atoms with van der Waals surface area (Å²) in [7, 11) is -3.05. The maximum absolute atomic E-state index is 5.08. The Balaban J connectivity index is 0.00000471. The third-order valence-electron chi connectivity index (χ3n) is 13.1. The largest absolute Gasteiger partial charge is 0.498 e. The van der Waals surface area contributed by atoms with E-state index in [9.17, 15) is 0 Å². The minimum Gasteiger partial charge on any atom is -0.498 e. The van der Waals surface area contributed by atoms with Crippen LogP contribution in [-0.4, -0.2) is 17.6 Å². The van der Waals surface area contributed by atoms with Crippen LogP contribution in [0.4, 0.5) is 17.1 Å². The van der Waals surface area contributed by atoms with Crippen molar-refractivity contribution in [2.24, 2.45) is 0 Å². The number of hydrogen-bond donors (Lipinski definition) is 0. The van der Waals surface area contributed by atoms with Crippen LogP contribution in [0.15, 0.2) is 170 Å². The first-order chi connectivity index (χ1) is 30.0. The van der Waals surface area contributed by atoms with Crippen LogP contribution in [-0.2, 0) is 38.4 Å². The van der Waals surface area contributed by atoms with Crippen LogP contribution in [0.1, 0.15) is 58.2 Å². The van der Waals surface area contributed by atoms with Gasteiger partial charge in [0.2, 0.25) is 0 Å². The van der Waals surface area contributed by atoms with Gasteiger partial charge in [0.15, 0.2) is 0 Å². The predicted octanol–water partition coefficient (Wildman–Crippen LogP) is 11.0. The van der Waals surface area contributed by atoms with Gasteiger partial charge in [-0.1, -0.05) is 150 Å². The molecule has 63 heavy (non-hydrogen) atoms. The summed E-state index contributed by atoms with van der Waals surface area (Å²) < 4.78 is 2.36. The molecule has 2 aromatic heterocycles. The van der Waals surface area contributed by atoms with Gasteiger partial charge in [-0.05, 0) is 84.7 Å². The smallest absolute Gasteiger partial charge is 0.135 e. The number of benzene rings is 7. The molecule has 0 fully saturated rings. The molecule has 0 radical (unpaired) electrons. The molecule has 0 amide bonds. The van der Waals surface area contributed by atoms with Gasteiger partial charge >= 0.3 is 0 Å². The number of hydrogen-bond acceptors (Lipinski definition) is 3. The van der Waals surface area contributed by atoms with Crippen molar-refractivity contribution in [3.05, 3.63) is 205 Å². The van der Waals surface area contributed by atoms with E-state index < -0.39 is 8.07 Å². The number of aromatic nitrogens is 2. The normalized spacial score (nSPS) is 14.1.